The number of carbonyl (C=O) groups excluding carboxylic acids is 1. The zero-order chi connectivity index (χ0) is 19.2. The van der Waals surface area contributed by atoms with E-state index in [0.29, 0.717) is 26.3 Å². The molecule has 1 saturated heterocycles. The minimum Gasteiger partial charge on any atom is -0.489 e. The smallest absolute Gasteiger partial charge is 0.256 e. The Morgan fingerprint density at radius 3 is 2.18 bits per heavy atom. The fourth-order valence-corrected chi connectivity index (χ4v) is 3.31. The highest BCUT2D eigenvalue weighted by atomic mass is 16.5. The number of carbonyl (C=O) groups is 1. The van der Waals surface area contributed by atoms with Crippen molar-refractivity contribution in [2.45, 2.75) is 19.3 Å². The second-order valence-corrected chi connectivity index (χ2v) is 6.84. The lowest BCUT2D eigenvalue weighted by Crippen LogP contribution is -2.42. The summed E-state index contributed by atoms with van der Waals surface area (Å²) < 4.78 is 11.6. The summed E-state index contributed by atoms with van der Waals surface area (Å²) in [6, 6.07) is 27.7. The van der Waals surface area contributed by atoms with Gasteiger partial charge in [-0.2, -0.15) is 0 Å². The normalized spacial score (nSPS) is 16.8. The summed E-state index contributed by atoms with van der Waals surface area (Å²) in [5.74, 6) is 0.782. The first kappa shape index (κ1) is 18.3. The van der Waals surface area contributed by atoms with Crippen LogP contribution in [0.5, 0.6) is 5.75 Å². The Bertz CT molecular complexity index is 894. The second-order valence-electron chi connectivity index (χ2n) is 6.84. The van der Waals surface area contributed by atoms with Gasteiger partial charge in [0.15, 0.2) is 6.10 Å². The quantitative estimate of drug-likeness (QED) is 0.644. The Morgan fingerprint density at radius 1 is 0.857 bits per heavy atom. The minimum absolute atomic E-state index is 0.00746. The SMILES string of the molecule is O=C1C(c2ccc(OCc3ccccc3)cc2)OCCN1Cc1ccccc1. The van der Waals surface area contributed by atoms with Crippen LogP contribution >= 0.6 is 0 Å². The number of rotatable bonds is 6. The molecule has 1 aliphatic rings. The number of nitrogens with zero attached hydrogens (tertiary/aromatic N) is 1. The molecule has 1 unspecified atom stereocenters. The van der Waals surface area contributed by atoms with E-state index in [-0.39, 0.29) is 5.91 Å². The Hall–Kier alpha value is -3.11. The van der Waals surface area contributed by atoms with E-state index in [9.17, 15) is 4.79 Å². The van der Waals surface area contributed by atoms with Gasteiger partial charge in [-0.25, -0.2) is 0 Å². The van der Waals surface area contributed by atoms with Crippen molar-refractivity contribution in [2.24, 2.45) is 0 Å². The highest BCUT2D eigenvalue weighted by Gasteiger charge is 2.30. The van der Waals surface area contributed by atoms with Gasteiger partial charge in [0.05, 0.1) is 6.61 Å². The highest BCUT2D eigenvalue weighted by molar-refractivity contribution is 5.83. The lowest BCUT2D eigenvalue weighted by atomic mass is 10.1. The zero-order valence-corrected chi connectivity index (χ0v) is 15.7. The van der Waals surface area contributed by atoms with E-state index in [1.54, 1.807) is 0 Å². The largest absolute Gasteiger partial charge is 0.489 e. The molecule has 142 valence electrons. The van der Waals surface area contributed by atoms with Crippen LogP contribution in [0, 0.1) is 0 Å². The predicted octanol–water partition coefficient (Wildman–Crippen LogP) is 4.37. The summed E-state index contributed by atoms with van der Waals surface area (Å²) in [6.07, 6.45) is -0.555. The molecule has 3 aromatic rings. The summed E-state index contributed by atoms with van der Waals surface area (Å²) in [6.45, 7) is 2.28. The van der Waals surface area contributed by atoms with Crippen LogP contribution in [0.4, 0.5) is 0 Å². The fourth-order valence-electron chi connectivity index (χ4n) is 3.31. The number of morpholine rings is 1. The highest BCUT2D eigenvalue weighted by Crippen LogP contribution is 2.26. The minimum atomic E-state index is -0.555. The molecule has 1 aliphatic heterocycles. The molecule has 1 fully saturated rings. The molecule has 4 heteroatoms. The molecule has 0 bridgehead atoms. The van der Waals surface area contributed by atoms with Crippen molar-refractivity contribution in [1.29, 1.82) is 0 Å². The topological polar surface area (TPSA) is 38.8 Å². The van der Waals surface area contributed by atoms with Crippen molar-refractivity contribution in [3.63, 3.8) is 0 Å². The maximum absolute atomic E-state index is 12.9. The fraction of sp³-hybridized carbons (Fsp3) is 0.208. The molecule has 0 radical (unpaired) electrons. The maximum atomic E-state index is 12.9. The van der Waals surface area contributed by atoms with E-state index in [4.69, 9.17) is 9.47 Å². The van der Waals surface area contributed by atoms with Crippen LogP contribution in [0.2, 0.25) is 0 Å². The van der Waals surface area contributed by atoms with E-state index in [1.807, 2.05) is 89.8 Å². The number of hydrogen-bond donors (Lipinski definition) is 0. The summed E-state index contributed by atoms with van der Waals surface area (Å²) in [5.41, 5.74) is 3.10. The van der Waals surface area contributed by atoms with Gasteiger partial charge in [-0.05, 0) is 28.8 Å². The molecule has 0 spiro atoms. The molecule has 3 aromatic carbocycles. The van der Waals surface area contributed by atoms with Crippen LogP contribution < -0.4 is 4.74 Å². The van der Waals surface area contributed by atoms with Crippen LogP contribution in [-0.4, -0.2) is 24.0 Å². The molecular weight excluding hydrogens is 350 g/mol. The summed E-state index contributed by atoms with van der Waals surface area (Å²) in [7, 11) is 0. The molecule has 4 rings (SSSR count). The standard InChI is InChI=1S/C24H23NO3/c26-24-23(27-16-15-25(24)17-19-7-3-1-4-8-19)21-11-13-22(14-12-21)28-18-20-9-5-2-6-10-20/h1-14,23H,15-18H2. The van der Waals surface area contributed by atoms with E-state index in [0.717, 1.165) is 22.4 Å². The Morgan fingerprint density at radius 2 is 1.50 bits per heavy atom. The van der Waals surface area contributed by atoms with Crippen LogP contribution in [0.3, 0.4) is 0 Å². The van der Waals surface area contributed by atoms with Crippen molar-refractivity contribution in [3.8, 4) is 5.75 Å². The molecular formula is C24H23NO3. The van der Waals surface area contributed by atoms with Crippen LogP contribution in [0.1, 0.15) is 22.8 Å². The van der Waals surface area contributed by atoms with Gasteiger partial charge >= 0.3 is 0 Å². The lowest BCUT2D eigenvalue weighted by Gasteiger charge is -2.32. The number of ether oxygens (including phenoxy) is 2. The third kappa shape index (κ3) is 4.41. The Kier molecular flexibility index (Phi) is 5.69. The van der Waals surface area contributed by atoms with Crippen molar-refractivity contribution in [2.75, 3.05) is 13.2 Å². The maximum Gasteiger partial charge on any atom is 0.256 e. The molecule has 1 heterocycles. The molecule has 0 saturated carbocycles. The first-order valence-electron chi connectivity index (χ1n) is 9.50. The van der Waals surface area contributed by atoms with Crippen molar-refractivity contribution < 1.29 is 14.3 Å². The zero-order valence-electron chi connectivity index (χ0n) is 15.7. The average Bonchev–Trinajstić information content (AvgIpc) is 2.76. The first-order valence-corrected chi connectivity index (χ1v) is 9.50. The van der Waals surface area contributed by atoms with Gasteiger partial charge in [0.2, 0.25) is 0 Å². The van der Waals surface area contributed by atoms with Gasteiger partial charge in [0.25, 0.3) is 5.91 Å². The summed E-state index contributed by atoms with van der Waals surface area (Å²) >= 11 is 0. The van der Waals surface area contributed by atoms with Gasteiger partial charge in [-0.1, -0.05) is 72.8 Å². The summed E-state index contributed by atoms with van der Waals surface area (Å²) in [5, 5.41) is 0. The number of hydrogen-bond acceptors (Lipinski definition) is 3. The van der Waals surface area contributed by atoms with Crippen LogP contribution in [0.25, 0.3) is 0 Å². The van der Waals surface area contributed by atoms with Gasteiger partial charge in [0, 0.05) is 13.1 Å². The monoisotopic (exact) mass is 373 g/mol. The van der Waals surface area contributed by atoms with E-state index in [1.165, 1.54) is 0 Å². The third-order valence-electron chi connectivity index (χ3n) is 4.83. The lowest BCUT2D eigenvalue weighted by molar-refractivity contribution is -0.154. The van der Waals surface area contributed by atoms with E-state index < -0.39 is 6.10 Å². The van der Waals surface area contributed by atoms with Gasteiger partial charge in [0.1, 0.15) is 12.4 Å². The van der Waals surface area contributed by atoms with Crippen molar-refractivity contribution >= 4 is 5.91 Å². The molecule has 1 atom stereocenters. The van der Waals surface area contributed by atoms with E-state index in [2.05, 4.69) is 0 Å². The Labute approximate surface area is 165 Å². The molecule has 4 nitrogen and oxygen atoms in total. The third-order valence-corrected chi connectivity index (χ3v) is 4.83. The van der Waals surface area contributed by atoms with Gasteiger partial charge in [-0.15, -0.1) is 0 Å². The van der Waals surface area contributed by atoms with Crippen molar-refractivity contribution in [1.82, 2.24) is 4.90 Å². The van der Waals surface area contributed by atoms with E-state index >= 15 is 0 Å². The predicted molar refractivity (Wildman–Crippen MR) is 108 cm³/mol. The molecule has 0 aromatic heterocycles. The van der Waals surface area contributed by atoms with Crippen LogP contribution in [0.15, 0.2) is 84.9 Å². The van der Waals surface area contributed by atoms with Gasteiger partial charge < -0.3 is 14.4 Å². The number of benzene rings is 3. The molecule has 1 amide bonds. The van der Waals surface area contributed by atoms with Gasteiger partial charge in [-0.3, -0.25) is 4.79 Å². The first-order chi connectivity index (χ1) is 13.8. The molecule has 0 aliphatic carbocycles. The summed E-state index contributed by atoms with van der Waals surface area (Å²) in [4.78, 5) is 14.8. The molecule has 0 N–H and O–H groups in total. The number of amides is 1. The second kappa shape index (κ2) is 8.72. The van der Waals surface area contributed by atoms with Crippen LogP contribution in [-0.2, 0) is 22.7 Å². The average molecular weight is 373 g/mol. The Balaban J connectivity index is 1.39. The molecule has 28 heavy (non-hydrogen) atoms. The van der Waals surface area contributed by atoms with Crippen molar-refractivity contribution in [3.05, 3.63) is 102 Å².